The van der Waals surface area contributed by atoms with Gasteiger partial charge < -0.3 is 5.32 Å². The Balaban J connectivity index is 2.50. The van der Waals surface area contributed by atoms with Gasteiger partial charge in [0.25, 0.3) is 0 Å². The van der Waals surface area contributed by atoms with Crippen LogP contribution in [0.2, 0.25) is 0 Å². The smallest absolute Gasteiger partial charge is 0.0726 e. The zero-order valence-electron chi connectivity index (χ0n) is 11.0. The van der Waals surface area contributed by atoms with Crippen molar-refractivity contribution >= 4 is 32.5 Å². The maximum Gasteiger partial charge on any atom is 0.0726 e. The number of fused-ring (bicyclic) bond motifs is 1. The molecule has 1 N–H and O–H groups in total. The topological polar surface area (TPSA) is 24.9 Å². The summed E-state index contributed by atoms with van der Waals surface area (Å²) in [6.45, 7) is 5.36. The van der Waals surface area contributed by atoms with Crippen LogP contribution in [-0.4, -0.2) is 11.5 Å². The zero-order valence-corrected chi connectivity index (χ0v) is 12.5. The highest BCUT2D eigenvalue weighted by Crippen LogP contribution is 2.27. The third-order valence-corrected chi connectivity index (χ3v) is 3.39. The van der Waals surface area contributed by atoms with E-state index in [9.17, 15) is 0 Å². The maximum absolute atomic E-state index is 4.71. The molecule has 0 aliphatic heterocycles. The van der Waals surface area contributed by atoms with E-state index in [1.807, 2.05) is 0 Å². The lowest BCUT2D eigenvalue weighted by molar-refractivity contribution is 0.889. The highest BCUT2D eigenvalue weighted by atomic mass is 79.9. The highest BCUT2D eigenvalue weighted by molar-refractivity contribution is 9.10. The molecular formula is C15H19BrN2. The lowest BCUT2D eigenvalue weighted by atomic mass is 10.1. The lowest BCUT2D eigenvalue weighted by Gasteiger charge is -2.11. The third kappa shape index (κ3) is 3.02. The van der Waals surface area contributed by atoms with Gasteiger partial charge in [0.15, 0.2) is 0 Å². The Hall–Kier alpha value is -1.09. The summed E-state index contributed by atoms with van der Waals surface area (Å²) in [6, 6.07) is 8.45. The predicted octanol–water partition coefficient (Wildman–Crippen LogP) is 4.77. The number of rotatable bonds is 5. The summed E-state index contributed by atoms with van der Waals surface area (Å²) in [5.74, 6) is 0. The van der Waals surface area contributed by atoms with Gasteiger partial charge in [-0.1, -0.05) is 36.2 Å². The predicted molar refractivity (Wildman–Crippen MR) is 82.2 cm³/mol. The van der Waals surface area contributed by atoms with Crippen LogP contribution >= 0.6 is 15.9 Å². The van der Waals surface area contributed by atoms with Crippen LogP contribution in [0.1, 0.15) is 32.4 Å². The molecule has 2 rings (SSSR count). The van der Waals surface area contributed by atoms with Crippen molar-refractivity contribution in [3.8, 4) is 0 Å². The summed E-state index contributed by atoms with van der Waals surface area (Å²) in [7, 11) is 0. The van der Waals surface area contributed by atoms with Crippen molar-refractivity contribution in [3.05, 3.63) is 34.4 Å². The molecule has 1 aromatic heterocycles. The molecule has 0 amide bonds. The lowest BCUT2D eigenvalue weighted by Crippen LogP contribution is -2.02. The van der Waals surface area contributed by atoms with E-state index in [0.717, 1.165) is 35.8 Å². The molecular weight excluding hydrogens is 288 g/mol. The Morgan fingerprint density at radius 2 is 2.00 bits per heavy atom. The van der Waals surface area contributed by atoms with E-state index in [2.05, 4.69) is 59.4 Å². The Kier molecular flexibility index (Phi) is 4.59. The van der Waals surface area contributed by atoms with Gasteiger partial charge in [-0.25, -0.2) is 0 Å². The minimum absolute atomic E-state index is 0.997. The molecule has 0 fully saturated rings. The second-order valence-corrected chi connectivity index (χ2v) is 5.42. The molecule has 0 aliphatic rings. The number of anilines is 1. The first-order valence-corrected chi connectivity index (χ1v) is 7.37. The van der Waals surface area contributed by atoms with Crippen LogP contribution in [0.4, 0.5) is 5.69 Å². The van der Waals surface area contributed by atoms with E-state index < -0.39 is 0 Å². The largest absolute Gasteiger partial charge is 0.384 e. The number of aryl methyl sites for hydroxylation is 1. The summed E-state index contributed by atoms with van der Waals surface area (Å²) in [5.41, 5.74) is 3.44. The first-order valence-electron chi connectivity index (χ1n) is 6.57. The fraction of sp³-hybridized carbons (Fsp3) is 0.400. The molecule has 2 aromatic rings. The SMILES string of the molecule is CCCNc1cc(CCC)nc2ccc(Br)cc12. The van der Waals surface area contributed by atoms with Gasteiger partial charge in [-0.15, -0.1) is 0 Å². The first kappa shape index (κ1) is 13.3. The van der Waals surface area contributed by atoms with Crippen molar-refractivity contribution < 1.29 is 0 Å². The number of halogens is 1. The van der Waals surface area contributed by atoms with Crippen molar-refractivity contribution in [2.45, 2.75) is 33.1 Å². The summed E-state index contributed by atoms with van der Waals surface area (Å²) in [4.78, 5) is 4.71. The molecule has 0 aliphatic carbocycles. The average molecular weight is 307 g/mol. The third-order valence-electron chi connectivity index (χ3n) is 2.90. The molecule has 0 unspecified atom stereocenters. The first-order chi connectivity index (χ1) is 8.74. The molecule has 1 heterocycles. The van der Waals surface area contributed by atoms with Crippen molar-refractivity contribution in [2.75, 3.05) is 11.9 Å². The molecule has 18 heavy (non-hydrogen) atoms. The van der Waals surface area contributed by atoms with E-state index in [1.165, 1.54) is 16.8 Å². The van der Waals surface area contributed by atoms with E-state index >= 15 is 0 Å². The molecule has 0 saturated heterocycles. The number of aromatic nitrogens is 1. The second-order valence-electron chi connectivity index (χ2n) is 4.50. The minimum atomic E-state index is 0.997. The molecule has 0 radical (unpaired) electrons. The van der Waals surface area contributed by atoms with Crippen LogP contribution in [0.5, 0.6) is 0 Å². The minimum Gasteiger partial charge on any atom is -0.384 e. The van der Waals surface area contributed by atoms with Crippen molar-refractivity contribution in [1.29, 1.82) is 0 Å². The number of nitrogens with zero attached hydrogens (tertiary/aromatic N) is 1. The summed E-state index contributed by atoms with van der Waals surface area (Å²) >= 11 is 3.53. The normalized spacial score (nSPS) is 10.8. The number of nitrogens with one attached hydrogen (secondary N) is 1. The highest BCUT2D eigenvalue weighted by Gasteiger charge is 2.05. The average Bonchev–Trinajstić information content (AvgIpc) is 2.37. The van der Waals surface area contributed by atoms with Crippen LogP contribution in [0, 0.1) is 0 Å². The van der Waals surface area contributed by atoms with Crippen molar-refractivity contribution in [3.63, 3.8) is 0 Å². The number of hydrogen-bond donors (Lipinski definition) is 1. The van der Waals surface area contributed by atoms with Crippen molar-refractivity contribution in [1.82, 2.24) is 4.98 Å². The van der Waals surface area contributed by atoms with Crippen LogP contribution in [0.15, 0.2) is 28.7 Å². The molecule has 0 bridgehead atoms. The van der Waals surface area contributed by atoms with Gasteiger partial charge >= 0.3 is 0 Å². The monoisotopic (exact) mass is 306 g/mol. The fourth-order valence-corrected chi connectivity index (χ4v) is 2.40. The van der Waals surface area contributed by atoms with Gasteiger partial charge in [0.05, 0.1) is 5.52 Å². The molecule has 0 spiro atoms. The number of benzene rings is 1. The van der Waals surface area contributed by atoms with Crippen LogP contribution < -0.4 is 5.32 Å². The summed E-state index contributed by atoms with van der Waals surface area (Å²) < 4.78 is 1.10. The van der Waals surface area contributed by atoms with E-state index in [1.54, 1.807) is 0 Å². The van der Waals surface area contributed by atoms with Crippen LogP contribution in [-0.2, 0) is 6.42 Å². The van der Waals surface area contributed by atoms with Gasteiger partial charge in [0.1, 0.15) is 0 Å². The molecule has 2 nitrogen and oxygen atoms in total. The van der Waals surface area contributed by atoms with E-state index in [4.69, 9.17) is 4.98 Å². The maximum atomic E-state index is 4.71. The van der Waals surface area contributed by atoms with Gasteiger partial charge in [0.2, 0.25) is 0 Å². The molecule has 0 saturated carbocycles. The Bertz CT molecular complexity index is 537. The Morgan fingerprint density at radius 3 is 2.72 bits per heavy atom. The number of hydrogen-bond acceptors (Lipinski definition) is 2. The number of pyridine rings is 1. The van der Waals surface area contributed by atoms with Gasteiger partial charge in [0, 0.05) is 27.8 Å². The quantitative estimate of drug-likeness (QED) is 0.860. The van der Waals surface area contributed by atoms with Crippen molar-refractivity contribution in [2.24, 2.45) is 0 Å². The van der Waals surface area contributed by atoms with Gasteiger partial charge in [-0.2, -0.15) is 0 Å². The van der Waals surface area contributed by atoms with Crippen LogP contribution in [0.3, 0.4) is 0 Å². The summed E-state index contributed by atoms with van der Waals surface area (Å²) in [6.07, 6.45) is 3.29. The van der Waals surface area contributed by atoms with Crippen LogP contribution in [0.25, 0.3) is 10.9 Å². The molecule has 0 atom stereocenters. The fourth-order valence-electron chi connectivity index (χ4n) is 2.04. The van der Waals surface area contributed by atoms with E-state index in [-0.39, 0.29) is 0 Å². The van der Waals surface area contributed by atoms with Gasteiger partial charge in [-0.3, -0.25) is 4.98 Å². The molecule has 3 heteroatoms. The van der Waals surface area contributed by atoms with Gasteiger partial charge in [-0.05, 0) is 37.1 Å². The molecule has 96 valence electrons. The Labute approximate surface area is 117 Å². The Morgan fingerprint density at radius 1 is 1.17 bits per heavy atom. The standard InChI is InChI=1S/C15H19BrN2/c1-3-5-12-10-15(17-8-4-2)13-9-11(16)6-7-14(13)18-12/h6-7,9-10H,3-5,8H2,1-2H3,(H,17,18). The van der Waals surface area contributed by atoms with E-state index in [0.29, 0.717) is 0 Å². The molecule has 1 aromatic carbocycles. The summed E-state index contributed by atoms with van der Waals surface area (Å²) in [5, 5.41) is 4.69. The second kappa shape index (κ2) is 6.19. The zero-order chi connectivity index (χ0) is 13.0.